The van der Waals surface area contributed by atoms with Crippen LogP contribution in [-0.4, -0.2) is 60.9 Å². The minimum Gasteiger partial charge on any atom is -0.356 e. The number of nitrogens with zero attached hydrogens (tertiary/aromatic N) is 4. The van der Waals surface area contributed by atoms with Crippen LogP contribution in [0.3, 0.4) is 0 Å². The highest BCUT2D eigenvalue weighted by molar-refractivity contribution is 14.0. The fourth-order valence-corrected chi connectivity index (χ4v) is 2.46. The zero-order valence-electron chi connectivity index (χ0n) is 15.9. The Morgan fingerprint density at radius 1 is 1.21 bits per heavy atom. The molecule has 0 aliphatic heterocycles. The fourth-order valence-electron chi connectivity index (χ4n) is 2.46. The first-order chi connectivity index (χ1) is 11.1. The molecule has 0 saturated carbocycles. The van der Waals surface area contributed by atoms with Crippen molar-refractivity contribution in [3.8, 4) is 0 Å². The van der Waals surface area contributed by atoms with Crippen molar-refractivity contribution in [2.45, 2.75) is 46.6 Å². The van der Waals surface area contributed by atoms with Crippen molar-refractivity contribution in [1.29, 1.82) is 0 Å². The van der Waals surface area contributed by atoms with E-state index in [4.69, 9.17) is 0 Å². The van der Waals surface area contributed by atoms with Crippen molar-refractivity contribution in [1.82, 2.24) is 25.3 Å². The Balaban J connectivity index is 0.00000529. The van der Waals surface area contributed by atoms with Gasteiger partial charge < -0.3 is 15.5 Å². The molecular weight excluding hydrogens is 415 g/mol. The van der Waals surface area contributed by atoms with Gasteiger partial charge >= 0.3 is 0 Å². The molecule has 0 radical (unpaired) electrons. The van der Waals surface area contributed by atoms with Gasteiger partial charge in [-0.1, -0.05) is 13.3 Å². The van der Waals surface area contributed by atoms with E-state index in [2.05, 4.69) is 57.3 Å². The molecule has 0 amide bonds. The van der Waals surface area contributed by atoms with E-state index in [0.717, 1.165) is 50.8 Å². The molecule has 1 aromatic rings. The number of nitrogens with one attached hydrogen (secondary N) is 2. The van der Waals surface area contributed by atoms with Gasteiger partial charge in [0, 0.05) is 38.9 Å². The van der Waals surface area contributed by atoms with Crippen molar-refractivity contribution >= 4 is 29.9 Å². The van der Waals surface area contributed by atoms with Crippen molar-refractivity contribution in [3.63, 3.8) is 0 Å². The highest BCUT2D eigenvalue weighted by atomic mass is 127. The Morgan fingerprint density at radius 3 is 2.50 bits per heavy atom. The molecule has 0 aliphatic rings. The van der Waals surface area contributed by atoms with Crippen LogP contribution in [-0.2, 0) is 6.54 Å². The highest BCUT2D eigenvalue weighted by Crippen LogP contribution is 2.02. The van der Waals surface area contributed by atoms with Gasteiger partial charge in [-0.05, 0) is 46.3 Å². The summed E-state index contributed by atoms with van der Waals surface area (Å²) in [7, 11) is 3.99. The van der Waals surface area contributed by atoms with Gasteiger partial charge in [-0.15, -0.1) is 24.0 Å². The Morgan fingerprint density at radius 2 is 1.92 bits per heavy atom. The van der Waals surface area contributed by atoms with Crippen LogP contribution in [0, 0.1) is 13.8 Å². The lowest BCUT2D eigenvalue weighted by Gasteiger charge is -2.18. The minimum atomic E-state index is 0. The van der Waals surface area contributed by atoms with E-state index in [1.54, 1.807) is 0 Å². The molecule has 140 valence electrons. The number of aliphatic imine (C=N–C) groups is 1. The van der Waals surface area contributed by atoms with Gasteiger partial charge in [0.15, 0.2) is 5.96 Å². The van der Waals surface area contributed by atoms with Gasteiger partial charge in [-0.2, -0.15) is 5.10 Å². The lowest BCUT2D eigenvalue weighted by atomic mass is 10.3. The molecule has 0 fully saturated rings. The van der Waals surface area contributed by atoms with Crippen molar-refractivity contribution in [2.24, 2.45) is 4.99 Å². The highest BCUT2D eigenvalue weighted by Gasteiger charge is 2.02. The van der Waals surface area contributed by atoms with Crippen LogP contribution >= 0.6 is 24.0 Å². The first-order valence-electron chi connectivity index (χ1n) is 8.71. The largest absolute Gasteiger partial charge is 0.356 e. The lowest BCUT2D eigenvalue weighted by Crippen LogP contribution is -2.41. The summed E-state index contributed by atoms with van der Waals surface area (Å²) in [5, 5.41) is 11.2. The maximum absolute atomic E-state index is 4.48. The number of aromatic nitrogens is 2. The quantitative estimate of drug-likeness (QED) is 0.249. The molecule has 1 rings (SSSR count). The van der Waals surface area contributed by atoms with Crippen molar-refractivity contribution < 1.29 is 0 Å². The fraction of sp³-hybridized carbons (Fsp3) is 0.765. The zero-order chi connectivity index (χ0) is 17.1. The number of unbranched alkanes of at least 4 members (excludes halogenated alkanes) is 1. The molecule has 0 aromatic carbocycles. The van der Waals surface area contributed by atoms with Gasteiger partial charge in [-0.25, -0.2) is 0 Å². The standard InChI is InChI=1S/C17H34N6.HI/c1-6-7-11-22(5)13-10-20-17(18-4)19-9-8-12-23-16(3)14-15(2)21-23;/h14H,6-13H2,1-5H3,(H2,18,19,20);1H. The maximum atomic E-state index is 4.48. The number of guanidine groups is 1. The second kappa shape index (κ2) is 13.5. The number of hydrogen-bond acceptors (Lipinski definition) is 3. The number of rotatable bonds is 10. The molecule has 24 heavy (non-hydrogen) atoms. The van der Waals surface area contributed by atoms with Crippen LogP contribution in [0.25, 0.3) is 0 Å². The van der Waals surface area contributed by atoms with Gasteiger partial charge in [0.05, 0.1) is 5.69 Å². The summed E-state index contributed by atoms with van der Waals surface area (Å²) in [5.74, 6) is 0.877. The summed E-state index contributed by atoms with van der Waals surface area (Å²) in [5.41, 5.74) is 2.31. The Kier molecular flexibility index (Phi) is 13.0. The van der Waals surface area contributed by atoms with E-state index in [1.807, 2.05) is 14.0 Å². The van der Waals surface area contributed by atoms with Gasteiger partial charge in [0.25, 0.3) is 0 Å². The summed E-state index contributed by atoms with van der Waals surface area (Å²) in [6, 6.07) is 2.11. The molecule has 0 bridgehead atoms. The average Bonchev–Trinajstić information content (AvgIpc) is 2.85. The van der Waals surface area contributed by atoms with Crippen LogP contribution in [0.2, 0.25) is 0 Å². The predicted molar refractivity (Wildman–Crippen MR) is 114 cm³/mol. The second-order valence-corrected chi connectivity index (χ2v) is 6.09. The summed E-state index contributed by atoms with van der Waals surface area (Å²) < 4.78 is 2.07. The Hall–Kier alpha value is -0.830. The molecule has 0 aliphatic carbocycles. The van der Waals surface area contributed by atoms with E-state index in [0.29, 0.717) is 0 Å². The van der Waals surface area contributed by atoms with Crippen LogP contribution in [0.5, 0.6) is 0 Å². The first-order valence-corrected chi connectivity index (χ1v) is 8.71. The van der Waals surface area contributed by atoms with Crippen LogP contribution in [0.15, 0.2) is 11.1 Å². The van der Waals surface area contributed by atoms with Crippen molar-refractivity contribution in [2.75, 3.05) is 40.3 Å². The third-order valence-corrected chi connectivity index (χ3v) is 3.85. The van der Waals surface area contributed by atoms with Gasteiger partial charge in [-0.3, -0.25) is 9.67 Å². The Bertz CT molecular complexity index is 472. The van der Waals surface area contributed by atoms with Gasteiger partial charge in [0.2, 0.25) is 0 Å². The first kappa shape index (κ1) is 23.2. The molecule has 6 nitrogen and oxygen atoms in total. The SMILES string of the molecule is CCCCN(C)CCNC(=NC)NCCCn1nc(C)cc1C.I. The molecule has 1 heterocycles. The lowest BCUT2D eigenvalue weighted by molar-refractivity contribution is 0.332. The molecule has 0 unspecified atom stereocenters. The summed E-state index contributed by atoms with van der Waals surface area (Å²) in [6.45, 7) is 11.3. The zero-order valence-corrected chi connectivity index (χ0v) is 18.3. The van der Waals surface area contributed by atoms with E-state index in [-0.39, 0.29) is 24.0 Å². The third kappa shape index (κ3) is 9.46. The maximum Gasteiger partial charge on any atom is 0.191 e. The molecular formula is C17H35IN6. The van der Waals surface area contributed by atoms with E-state index in [1.165, 1.54) is 18.5 Å². The van der Waals surface area contributed by atoms with Gasteiger partial charge in [0.1, 0.15) is 0 Å². The summed E-state index contributed by atoms with van der Waals surface area (Å²) in [4.78, 5) is 6.62. The minimum absolute atomic E-state index is 0. The monoisotopic (exact) mass is 450 g/mol. The van der Waals surface area contributed by atoms with E-state index < -0.39 is 0 Å². The smallest absolute Gasteiger partial charge is 0.191 e. The van der Waals surface area contributed by atoms with Crippen LogP contribution < -0.4 is 10.6 Å². The molecule has 0 atom stereocenters. The van der Waals surface area contributed by atoms with Crippen molar-refractivity contribution in [3.05, 3.63) is 17.5 Å². The number of halogens is 1. The van der Waals surface area contributed by atoms with Crippen LogP contribution in [0.4, 0.5) is 0 Å². The number of aryl methyl sites for hydroxylation is 3. The summed E-state index contributed by atoms with van der Waals surface area (Å²) in [6.07, 6.45) is 3.53. The molecule has 2 N–H and O–H groups in total. The summed E-state index contributed by atoms with van der Waals surface area (Å²) >= 11 is 0. The normalized spacial score (nSPS) is 11.5. The average molecular weight is 450 g/mol. The molecule has 1 aromatic heterocycles. The second-order valence-electron chi connectivity index (χ2n) is 6.09. The van der Waals surface area contributed by atoms with Crippen LogP contribution in [0.1, 0.15) is 37.6 Å². The molecule has 0 spiro atoms. The molecule has 7 heteroatoms. The Labute approximate surface area is 164 Å². The van der Waals surface area contributed by atoms with E-state index >= 15 is 0 Å². The third-order valence-electron chi connectivity index (χ3n) is 3.85. The molecule has 0 saturated heterocycles. The van der Waals surface area contributed by atoms with E-state index in [9.17, 15) is 0 Å². The topological polar surface area (TPSA) is 57.5 Å². The number of likely N-dealkylation sites (N-methyl/N-ethyl adjacent to an activating group) is 1. The number of hydrogen-bond donors (Lipinski definition) is 2. The predicted octanol–water partition coefficient (Wildman–Crippen LogP) is 2.40.